The van der Waals surface area contributed by atoms with Crippen LogP contribution in [0.1, 0.15) is 18.5 Å². The van der Waals surface area contributed by atoms with Gasteiger partial charge in [-0.25, -0.2) is 4.79 Å². The molecule has 2 N–H and O–H groups in total. The SMILES string of the molecule is Cc1cc(NC(=O)N(C)CC2(O)CCOCC2)ccn1. The largest absolute Gasteiger partial charge is 0.388 e. The number of hydrogen-bond donors (Lipinski definition) is 2. The molecule has 1 aromatic heterocycles. The maximum atomic E-state index is 12.1. The Morgan fingerprint density at radius 1 is 1.55 bits per heavy atom. The van der Waals surface area contributed by atoms with Gasteiger partial charge >= 0.3 is 6.03 Å². The van der Waals surface area contributed by atoms with Gasteiger partial charge in [0, 0.05) is 50.7 Å². The zero-order valence-corrected chi connectivity index (χ0v) is 11.9. The van der Waals surface area contributed by atoms with Gasteiger partial charge in [-0.05, 0) is 19.1 Å². The van der Waals surface area contributed by atoms with E-state index in [0.29, 0.717) is 38.3 Å². The Labute approximate surface area is 118 Å². The molecule has 0 atom stereocenters. The fraction of sp³-hybridized carbons (Fsp3) is 0.571. The van der Waals surface area contributed by atoms with Crippen molar-refractivity contribution in [2.75, 3.05) is 32.1 Å². The molecule has 1 aliphatic rings. The lowest BCUT2D eigenvalue weighted by Crippen LogP contribution is -2.48. The maximum absolute atomic E-state index is 12.1. The molecular weight excluding hydrogens is 258 g/mol. The van der Waals surface area contributed by atoms with Crippen molar-refractivity contribution in [3.63, 3.8) is 0 Å². The van der Waals surface area contributed by atoms with E-state index in [9.17, 15) is 9.90 Å². The van der Waals surface area contributed by atoms with E-state index in [-0.39, 0.29) is 6.03 Å². The normalized spacial score (nSPS) is 17.6. The number of urea groups is 1. The first-order chi connectivity index (χ1) is 9.48. The lowest BCUT2D eigenvalue weighted by molar-refractivity contribution is -0.0717. The van der Waals surface area contributed by atoms with Gasteiger partial charge in [-0.1, -0.05) is 0 Å². The van der Waals surface area contributed by atoms with Crippen LogP contribution in [0.2, 0.25) is 0 Å². The zero-order valence-electron chi connectivity index (χ0n) is 11.9. The molecule has 0 aromatic carbocycles. The van der Waals surface area contributed by atoms with Gasteiger partial charge in [0.1, 0.15) is 0 Å². The van der Waals surface area contributed by atoms with Crippen molar-refractivity contribution in [1.82, 2.24) is 9.88 Å². The molecule has 1 fully saturated rings. The molecule has 1 aromatic rings. The number of hydrogen-bond acceptors (Lipinski definition) is 4. The van der Waals surface area contributed by atoms with E-state index in [2.05, 4.69) is 10.3 Å². The first-order valence-corrected chi connectivity index (χ1v) is 6.73. The number of aliphatic hydroxyl groups is 1. The second kappa shape index (κ2) is 6.19. The fourth-order valence-corrected chi connectivity index (χ4v) is 2.26. The Morgan fingerprint density at radius 2 is 2.25 bits per heavy atom. The van der Waals surface area contributed by atoms with Crippen molar-refractivity contribution in [2.24, 2.45) is 0 Å². The van der Waals surface area contributed by atoms with E-state index in [1.807, 2.05) is 6.92 Å². The van der Waals surface area contributed by atoms with Crippen LogP contribution >= 0.6 is 0 Å². The van der Waals surface area contributed by atoms with Crippen LogP contribution in [0, 0.1) is 6.92 Å². The number of aryl methyl sites for hydroxylation is 1. The summed E-state index contributed by atoms with van der Waals surface area (Å²) in [5.74, 6) is 0. The number of aromatic nitrogens is 1. The van der Waals surface area contributed by atoms with Crippen LogP contribution in [-0.2, 0) is 4.74 Å². The lowest BCUT2D eigenvalue weighted by atomic mass is 9.94. The number of rotatable bonds is 3. The number of nitrogens with one attached hydrogen (secondary N) is 1. The smallest absolute Gasteiger partial charge is 0.321 e. The van der Waals surface area contributed by atoms with Crippen LogP contribution in [0.3, 0.4) is 0 Å². The third-order valence-corrected chi connectivity index (χ3v) is 3.45. The summed E-state index contributed by atoms with van der Waals surface area (Å²) in [5, 5.41) is 13.2. The Hall–Kier alpha value is -1.66. The molecule has 20 heavy (non-hydrogen) atoms. The highest BCUT2D eigenvalue weighted by molar-refractivity contribution is 5.89. The molecule has 6 heteroatoms. The molecule has 6 nitrogen and oxygen atoms in total. The highest BCUT2D eigenvalue weighted by atomic mass is 16.5. The molecule has 0 radical (unpaired) electrons. The first kappa shape index (κ1) is 14.7. The van der Waals surface area contributed by atoms with Crippen molar-refractivity contribution in [3.8, 4) is 0 Å². The molecular formula is C14H21N3O3. The zero-order chi connectivity index (χ0) is 14.6. The number of amides is 2. The number of nitrogens with zero attached hydrogens (tertiary/aromatic N) is 2. The molecule has 2 amide bonds. The van der Waals surface area contributed by atoms with Gasteiger partial charge in [-0.3, -0.25) is 4.98 Å². The number of likely N-dealkylation sites (N-methyl/N-ethyl adjacent to an activating group) is 1. The minimum Gasteiger partial charge on any atom is -0.388 e. The topological polar surface area (TPSA) is 74.7 Å². The van der Waals surface area contributed by atoms with Gasteiger partial charge in [0.15, 0.2) is 0 Å². The van der Waals surface area contributed by atoms with E-state index in [1.165, 1.54) is 4.90 Å². The number of carbonyl (C=O) groups is 1. The van der Waals surface area contributed by atoms with Crippen molar-refractivity contribution in [3.05, 3.63) is 24.0 Å². The monoisotopic (exact) mass is 279 g/mol. The highest BCUT2D eigenvalue weighted by Crippen LogP contribution is 2.21. The van der Waals surface area contributed by atoms with Crippen LogP contribution in [-0.4, -0.2) is 53.4 Å². The van der Waals surface area contributed by atoms with E-state index in [0.717, 1.165) is 5.69 Å². The van der Waals surface area contributed by atoms with Crippen LogP contribution in [0.15, 0.2) is 18.3 Å². The second-order valence-electron chi connectivity index (χ2n) is 5.31. The highest BCUT2D eigenvalue weighted by Gasteiger charge is 2.32. The Bertz CT molecular complexity index is 472. The number of pyridine rings is 1. The summed E-state index contributed by atoms with van der Waals surface area (Å²) in [7, 11) is 1.68. The number of ether oxygens (including phenoxy) is 1. The van der Waals surface area contributed by atoms with E-state index >= 15 is 0 Å². The molecule has 1 aliphatic heterocycles. The summed E-state index contributed by atoms with van der Waals surface area (Å²) >= 11 is 0. The molecule has 2 rings (SSSR count). The third kappa shape index (κ3) is 3.91. The Morgan fingerprint density at radius 3 is 2.90 bits per heavy atom. The molecule has 0 spiro atoms. The Balaban J connectivity index is 1.91. The third-order valence-electron chi connectivity index (χ3n) is 3.45. The van der Waals surface area contributed by atoms with E-state index in [1.54, 1.807) is 25.4 Å². The van der Waals surface area contributed by atoms with Gasteiger partial charge in [-0.15, -0.1) is 0 Å². The second-order valence-corrected chi connectivity index (χ2v) is 5.31. The molecule has 110 valence electrons. The van der Waals surface area contributed by atoms with E-state index < -0.39 is 5.60 Å². The lowest BCUT2D eigenvalue weighted by Gasteiger charge is -2.35. The summed E-state index contributed by atoms with van der Waals surface area (Å²) < 4.78 is 5.23. The average molecular weight is 279 g/mol. The van der Waals surface area contributed by atoms with Crippen LogP contribution in [0.4, 0.5) is 10.5 Å². The van der Waals surface area contributed by atoms with E-state index in [4.69, 9.17) is 4.74 Å². The van der Waals surface area contributed by atoms with Gasteiger partial charge in [-0.2, -0.15) is 0 Å². The fourth-order valence-electron chi connectivity index (χ4n) is 2.26. The molecule has 0 saturated carbocycles. The molecule has 2 heterocycles. The van der Waals surface area contributed by atoms with Crippen LogP contribution in [0.5, 0.6) is 0 Å². The molecule has 0 aliphatic carbocycles. The number of carbonyl (C=O) groups excluding carboxylic acids is 1. The van der Waals surface area contributed by atoms with Gasteiger partial charge < -0.3 is 20.1 Å². The predicted octanol–water partition coefficient (Wildman–Crippen LogP) is 1.40. The molecule has 0 unspecified atom stereocenters. The number of anilines is 1. The summed E-state index contributed by atoms with van der Waals surface area (Å²) in [6, 6.07) is 3.30. The standard InChI is InChI=1S/C14H21N3O3/c1-11-9-12(3-6-15-11)16-13(18)17(2)10-14(19)4-7-20-8-5-14/h3,6,9,19H,4-5,7-8,10H2,1-2H3,(H,15,16,18). The summed E-state index contributed by atoms with van der Waals surface area (Å²) in [5.41, 5.74) is 0.695. The van der Waals surface area contributed by atoms with Crippen LogP contribution < -0.4 is 5.32 Å². The minimum absolute atomic E-state index is 0.240. The van der Waals surface area contributed by atoms with Gasteiger partial charge in [0.25, 0.3) is 0 Å². The van der Waals surface area contributed by atoms with Crippen molar-refractivity contribution >= 4 is 11.7 Å². The summed E-state index contributed by atoms with van der Waals surface area (Å²) in [6.45, 7) is 3.24. The van der Waals surface area contributed by atoms with Crippen molar-refractivity contribution < 1.29 is 14.6 Å². The summed E-state index contributed by atoms with van der Waals surface area (Å²) in [6.07, 6.45) is 2.76. The molecule has 0 bridgehead atoms. The predicted molar refractivity (Wildman–Crippen MR) is 75.6 cm³/mol. The average Bonchev–Trinajstić information content (AvgIpc) is 2.39. The van der Waals surface area contributed by atoms with Crippen molar-refractivity contribution in [2.45, 2.75) is 25.4 Å². The minimum atomic E-state index is -0.849. The maximum Gasteiger partial charge on any atom is 0.321 e. The first-order valence-electron chi connectivity index (χ1n) is 6.73. The quantitative estimate of drug-likeness (QED) is 0.877. The van der Waals surface area contributed by atoms with Crippen LogP contribution in [0.25, 0.3) is 0 Å². The van der Waals surface area contributed by atoms with Gasteiger partial charge in [0.05, 0.1) is 12.1 Å². The Kier molecular flexibility index (Phi) is 4.57. The molecule has 1 saturated heterocycles. The van der Waals surface area contributed by atoms with Crippen molar-refractivity contribution in [1.29, 1.82) is 0 Å². The van der Waals surface area contributed by atoms with Gasteiger partial charge in [0.2, 0.25) is 0 Å². The summed E-state index contributed by atoms with van der Waals surface area (Å²) in [4.78, 5) is 17.7.